The van der Waals surface area contributed by atoms with Gasteiger partial charge in [0.05, 0.1) is 5.56 Å². The maximum Gasteiger partial charge on any atom is 0.343 e. The van der Waals surface area contributed by atoms with Gasteiger partial charge in [-0.05, 0) is 66.2 Å². The molecule has 9 nitrogen and oxygen atoms in total. The van der Waals surface area contributed by atoms with E-state index in [0.717, 1.165) is 17.7 Å². The van der Waals surface area contributed by atoms with Gasteiger partial charge in [-0.2, -0.15) is 0 Å². The highest BCUT2D eigenvalue weighted by atomic mass is 16.7. The van der Waals surface area contributed by atoms with Crippen molar-refractivity contribution in [1.29, 1.82) is 0 Å². The molecular weight excluding hydrogens is 480 g/mol. The van der Waals surface area contributed by atoms with Crippen LogP contribution in [0.4, 0.5) is 0 Å². The molecule has 0 radical (unpaired) electrons. The third-order valence-electron chi connectivity index (χ3n) is 4.64. The third kappa shape index (κ3) is 8.91. The molecule has 0 fully saturated rings. The Hall–Kier alpha value is -5.05. The first kappa shape index (κ1) is 26.6. The normalized spacial score (nSPS) is 9.95. The van der Waals surface area contributed by atoms with Gasteiger partial charge < -0.3 is 28.4 Å². The van der Waals surface area contributed by atoms with Gasteiger partial charge in [0.15, 0.2) is 0 Å². The van der Waals surface area contributed by atoms with Crippen LogP contribution in [0.2, 0.25) is 0 Å². The fourth-order valence-electron chi connectivity index (χ4n) is 2.73. The van der Waals surface area contributed by atoms with Crippen LogP contribution in [0.3, 0.4) is 0 Å². The molecule has 37 heavy (non-hydrogen) atoms. The number of rotatable bonds is 13. The second-order valence-corrected chi connectivity index (χ2v) is 7.18. The molecule has 0 aliphatic carbocycles. The standard InChI is InChI=1S/C28H24O9/c1-3-26(29)35-18-33-23-9-5-20(6-10-23)17-32-22-11-7-21(8-12-22)28(31)37-25-15-13-24(14-16-25)34-19-36-27(30)4-2/h3-16H,1-2,17-19H2. The maximum atomic E-state index is 12.4. The van der Waals surface area contributed by atoms with Gasteiger partial charge in [-0.25, -0.2) is 14.4 Å². The van der Waals surface area contributed by atoms with E-state index in [-0.39, 0.29) is 13.6 Å². The Bertz CT molecular complexity index is 1210. The zero-order valence-electron chi connectivity index (χ0n) is 19.8. The lowest BCUT2D eigenvalue weighted by atomic mass is 10.2. The molecule has 3 aromatic carbocycles. The van der Waals surface area contributed by atoms with Crippen molar-refractivity contribution in [2.45, 2.75) is 6.61 Å². The summed E-state index contributed by atoms with van der Waals surface area (Å²) in [4.78, 5) is 34.4. The lowest BCUT2D eigenvalue weighted by Crippen LogP contribution is -2.09. The van der Waals surface area contributed by atoms with Gasteiger partial charge in [-0.3, -0.25) is 0 Å². The van der Waals surface area contributed by atoms with Crippen LogP contribution in [0.25, 0.3) is 0 Å². The van der Waals surface area contributed by atoms with E-state index in [0.29, 0.717) is 35.2 Å². The number of ether oxygens (including phenoxy) is 6. The highest BCUT2D eigenvalue weighted by Gasteiger charge is 2.09. The van der Waals surface area contributed by atoms with Gasteiger partial charge in [0.2, 0.25) is 13.6 Å². The van der Waals surface area contributed by atoms with Crippen molar-refractivity contribution in [2.75, 3.05) is 13.6 Å². The van der Waals surface area contributed by atoms with Crippen LogP contribution in [0.1, 0.15) is 15.9 Å². The summed E-state index contributed by atoms with van der Waals surface area (Å²) in [6.45, 7) is 6.44. The molecule has 0 unspecified atom stereocenters. The van der Waals surface area contributed by atoms with Crippen LogP contribution >= 0.6 is 0 Å². The van der Waals surface area contributed by atoms with Gasteiger partial charge in [0.1, 0.15) is 29.6 Å². The first-order chi connectivity index (χ1) is 18.0. The molecule has 0 atom stereocenters. The molecule has 0 aromatic heterocycles. The van der Waals surface area contributed by atoms with E-state index >= 15 is 0 Å². The average molecular weight is 504 g/mol. The highest BCUT2D eigenvalue weighted by molar-refractivity contribution is 5.91. The Kier molecular flexibility index (Phi) is 9.86. The van der Waals surface area contributed by atoms with Crippen molar-refractivity contribution < 1.29 is 42.8 Å². The fraction of sp³-hybridized carbons (Fsp3) is 0.107. The molecule has 0 aliphatic heterocycles. The second kappa shape index (κ2) is 13.7. The number of esters is 3. The Labute approximate surface area is 213 Å². The summed E-state index contributed by atoms with van der Waals surface area (Å²) in [6.07, 6.45) is 2.10. The summed E-state index contributed by atoms with van der Waals surface area (Å²) >= 11 is 0. The van der Waals surface area contributed by atoms with E-state index in [1.165, 1.54) is 0 Å². The molecule has 0 saturated heterocycles. The van der Waals surface area contributed by atoms with Crippen molar-refractivity contribution in [3.8, 4) is 23.0 Å². The van der Waals surface area contributed by atoms with Crippen molar-refractivity contribution in [2.24, 2.45) is 0 Å². The maximum absolute atomic E-state index is 12.4. The van der Waals surface area contributed by atoms with Gasteiger partial charge >= 0.3 is 17.9 Å². The zero-order valence-corrected chi connectivity index (χ0v) is 19.8. The molecule has 0 saturated carbocycles. The molecule has 0 bridgehead atoms. The molecule has 3 aromatic rings. The molecular formula is C28H24O9. The minimum atomic E-state index is -0.590. The van der Waals surface area contributed by atoms with Crippen LogP contribution < -0.4 is 18.9 Å². The van der Waals surface area contributed by atoms with Crippen LogP contribution in [-0.4, -0.2) is 31.5 Å². The summed E-state index contributed by atoms with van der Waals surface area (Å²) in [5, 5.41) is 0. The molecule has 0 amide bonds. The van der Waals surface area contributed by atoms with E-state index in [2.05, 4.69) is 13.2 Å². The molecule has 0 aliphatic rings. The molecule has 0 spiro atoms. The number of benzene rings is 3. The molecule has 9 heteroatoms. The monoisotopic (exact) mass is 504 g/mol. The smallest absolute Gasteiger partial charge is 0.343 e. The largest absolute Gasteiger partial charge is 0.489 e. The molecule has 3 rings (SSSR count). The highest BCUT2D eigenvalue weighted by Crippen LogP contribution is 2.20. The first-order valence-electron chi connectivity index (χ1n) is 10.9. The number of carbonyl (C=O) groups excluding carboxylic acids is 3. The summed E-state index contributed by atoms with van der Waals surface area (Å²) < 4.78 is 31.2. The Morgan fingerprint density at radius 3 is 1.54 bits per heavy atom. The topological polar surface area (TPSA) is 107 Å². The summed E-state index contributed by atoms with van der Waals surface area (Å²) in [5.74, 6) is 0.200. The fourth-order valence-corrected chi connectivity index (χ4v) is 2.73. The quantitative estimate of drug-likeness (QED) is 0.143. The molecule has 0 N–H and O–H groups in total. The minimum Gasteiger partial charge on any atom is -0.489 e. The predicted octanol–water partition coefficient (Wildman–Crippen LogP) is 4.62. The van der Waals surface area contributed by atoms with Crippen LogP contribution in [0.15, 0.2) is 98.1 Å². The lowest BCUT2D eigenvalue weighted by molar-refractivity contribution is -0.145. The van der Waals surface area contributed by atoms with E-state index < -0.39 is 17.9 Å². The summed E-state index contributed by atoms with van der Waals surface area (Å²) in [6, 6.07) is 19.9. The van der Waals surface area contributed by atoms with Crippen molar-refractivity contribution in [3.05, 3.63) is 109 Å². The molecule has 190 valence electrons. The van der Waals surface area contributed by atoms with Gasteiger partial charge in [-0.1, -0.05) is 25.3 Å². The van der Waals surface area contributed by atoms with E-state index in [4.69, 9.17) is 28.4 Å². The van der Waals surface area contributed by atoms with Crippen LogP contribution in [0.5, 0.6) is 23.0 Å². The van der Waals surface area contributed by atoms with E-state index in [9.17, 15) is 14.4 Å². The molecule has 0 heterocycles. The van der Waals surface area contributed by atoms with Crippen molar-refractivity contribution in [1.82, 2.24) is 0 Å². The van der Waals surface area contributed by atoms with Crippen molar-refractivity contribution in [3.63, 3.8) is 0 Å². The van der Waals surface area contributed by atoms with Crippen molar-refractivity contribution >= 4 is 17.9 Å². The summed E-state index contributed by atoms with van der Waals surface area (Å²) in [7, 11) is 0. The van der Waals surface area contributed by atoms with E-state index in [1.54, 1.807) is 60.7 Å². The number of hydrogen-bond donors (Lipinski definition) is 0. The van der Waals surface area contributed by atoms with Crippen LogP contribution in [-0.2, 0) is 25.7 Å². The van der Waals surface area contributed by atoms with Gasteiger partial charge in [0.25, 0.3) is 0 Å². The van der Waals surface area contributed by atoms with E-state index in [1.807, 2.05) is 12.1 Å². The first-order valence-corrected chi connectivity index (χ1v) is 10.9. The Balaban J connectivity index is 1.43. The predicted molar refractivity (Wildman–Crippen MR) is 132 cm³/mol. The summed E-state index contributed by atoms with van der Waals surface area (Å²) in [5.41, 5.74) is 1.24. The van der Waals surface area contributed by atoms with Gasteiger partial charge in [0, 0.05) is 12.2 Å². The Morgan fingerprint density at radius 1 is 0.595 bits per heavy atom. The minimum absolute atomic E-state index is 0.204. The van der Waals surface area contributed by atoms with Gasteiger partial charge in [-0.15, -0.1) is 0 Å². The second-order valence-electron chi connectivity index (χ2n) is 7.18. The SMILES string of the molecule is C=CC(=O)OCOc1ccc(COc2ccc(C(=O)Oc3ccc(OCOC(=O)C=C)cc3)cc2)cc1. The Morgan fingerprint density at radius 2 is 1.03 bits per heavy atom. The third-order valence-corrected chi connectivity index (χ3v) is 4.64. The lowest BCUT2D eigenvalue weighted by Gasteiger charge is -2.10. The number of hydrogen-bond acceptors (Lipinski definition) is 9. The average Bonchev–Trinajstić information content (AvgIpc) is 2.93. The van der Waals surface area contributed by atoms with Crippen LogP contribution in [0, 0.1) is 0 Å². The zero-order chi connectivity index (χ0) is 26.5. The number of carbonyl (C=O) groups is 3.